The minimum Gasteiger partial charge on any atom is -0.487 e. The predicted molar refractivity (Wildman–Crippen MR) is 112 cm³/mol. The van der Waals surface area contributed by atoms with Crippen LogP contribution in [0.2, 0.25) is 0 Å². The van der Waals surface area contributed by atoms with E-state index in [1.165, 1.54) is 24.3 Å². The van der Waals surface area contributed by atoms with Crippen molar-refractivity contribution in [1.29, 1.82) is 0 Å². The van der Waals surface area contributed by atoms with Gasteiger partial charge in [0.1, 0.15) is 29.6 Å². The summed E-state index contributed by atoms with van der Waals surface area (Å²) in [4.78, 5) is 23.9. The van der Waals surface area contributed by atoms with Crippen LogP contribution in [0.3, 0.4) is 0 Å². The lowest BCUT2D eigenvalue weighted by atomic mass is 10.2. The molecule has 32 heavy (non-hydrogen) atoms. The Morgan fingerprint density at radius 3 is 2.47 bits per heavy atom. The lowest BCUT2D eigenvalue weighted by Crippen LogP contribution is -2.10. The van der Waals surface area contributed by atoms with E-state index in [1.54, 1.807) is 49.4 Å². The molecule has 0 atom stereocenters. The molecule has 1 aromatic heterocycles. The number of esters is 2. The summed E-state index contributed by atoms with van der Waals surface area (Å²) in [5.74, 6) is -1.12. The monoisotopic (exact) mass is 435 g/mol. The molecule has 0 saturated carbocycles. The predicted octanol–water partition coefficient (Wildman–Crippen LogP) is 4.94. The van der Waals surface area contributed by atoms with Crippen LogP contribution in [0.4, 0.5) is 4.39 Å². The van der Waals surface area contributed by atoms with Gasteiger partial charge in [0.25, 0.3) is 0 Å². The average molecular weight is 435 g/mol. The number of nitrogens with zero attached hydrogens (tertiary/aromatic N) is 1. The molecule has 0 fully saturated rings. The minimum atomic E-state index is -0.809. The Morgan fingerprint density at radius 1 is 0.969 bits per heavy atom. The summed E-state index contributed by atoms with van der Waals surface area (Å²) < 4.78 is 35.0. The number of carbonyl (C=O) groups is 2. The molecule has 3 aromatic carbocycles. The molecule has 0 amide bonds. The smallest absolute Gasteiger partial charge is 0.346 e. The number of fused-ring (bicyclic) bond motifs is 1. The zero-order chi connectivity index (χ0) is 22.5. The lowest BCUT2D eigenvalue weighted by molar-refractivity contribution is 0.0526. The number of hydrogen-bond donors (Lipinski definition) is 0. The zero-order valence-electron chi connectivity index (χ0n) is 17.0. The normalized spacial score (nSPS) is 10.7. The fourth-order valence-corrected chi connectivity index (χ4v) is 2.98. The first-order valence-corrected chi connectivity index (χ1v) is 9.80. The highest BCUT2D eigenvalue weighted by Crippen LogP contribution is 2.26. The van der Waals surface area contributed by atoms with Gasteiger partial charge in [-0.25, -0.2) is 14.0 Å². The Labute approximate surface area is 182 Å². The Hall–Kier alpha value is -4.20. The molecular formula is C24H18FNO6. The molecule has 0 aliphatic heterocycles. The maximum absolute atomic E-state index is 13.8. The van der Waals surface area contributed by atoms with Gasteiger partial charge >= 0.3 is 11.9 Å². The molecule has 0 N–H and O–H groups in total. The molecular weight excluding hydrogens is 417 g/mol. The number of benzene rings is 3. The Balaban J connectivity index is 1.42. The molecule has 4 aromatic rings. The summed E-state index contributed by atoms with van der Waals surface area (Å²) in [6.45, 7) is 2.17. The lowest BCUT2D eigenvalue weighted by Gasteiger charge is -2.06. The second-order valence-corrected chi connectivity index (χ2v) is 6.69. The van der Waals surface area contributed by atoms with Crippen LogP contribution < -0.4 is 9.47 Å². The van der Waals surface area contributed by atoms with Crippen molar-refractivity contribution in [2.45, 2.75) is 13.5 Å². The zero-order valence-corrected chi connectivity index (χ0v) is 17.0. The summed E-state index contributed by atoms with van der Waals surface area (Å²) in [6.07, 6.45) is 0. The molecule has 0 saturated heterocycles. The molecule has 7 nitrogen and oxygen atoms in total. The summed E-state index contributed by atoms with van der Waals surface area (Å²) in [5.41, 5.74) is 1.21. The van der Waals surface area contributed by atoms with Gasteiger partial charge in [-0.3, -0.25) is 0 Å². The number of aromatic nitrogens is 1. The SMILES string of the molecule is CCOC(=O)c1ccc(OCc2noc3cc(OC(=O)c4ccccc4F)ccc23)cc1. The maximum Gasteiger partial charge on any atom is 0.346 e. The van der Waals surface area contributed by atoms with E-state index < -0.39 is 17.8 Å². The quantitative estimate of drug-likeness (QED) is 0.300. The van der Waals surface area contributed by atoms with Crippen molar-refractivity contribution in [2.24, 2.45) is 0 Å². The van der Waals surface area contributed by atoms with E-state index in [0.29, 0.717) is 34.6 Å². The van der Waals surface area contributed by atoms with Crippen LogP contribution >= 0.6 is 0 Å². The van der Waals surface area contributed by atoms with Crippen molar-refractivity contribution >= 4 is 22.9 Å². The van der Waals surface area contributed by atoms with Gasteiger partial charge in [0.15, 0.2) is 5.58 Å². The van der Waals surface area contributed by atoms with Gasteiger partial charge in [-0.2, -0.15) is 0 Å². The van der Waals surface area contributed by atoms with Crippen LogP contribution in [0.1, 0.15) is 33.3 Å². The number of ether oxygens (including phenoxy) is 3. The molecule has 4 rings (SSSR count). The Bertz CT molecular complexity index is 1270. The van der Waals surface area contributed by atoms with Crippen LogP contribution in [0, 0.1) is 5.82 Å². The summed E-state index contributed by atoms with van der Waals surface area (Å²) >= 11 is 0. The number of halogens is 1. The molecule has 0 unspecified atom stereocenters. The van der Waals surface area contributed by atoms with Gasteiger partial charge in [0.2, 0.25) is 0 Å². The van der Waals surface area contributed by atoms with E-state index in [1.807, 2.05) is 0 Å². The van der Waals surface area contributed by atoms with E-state index in [4.69, 9.17) is 18.7 Å². The fourth-order valence-electron chi connectivity index (χ4n) is 2.98. The molecule has 0 aliphatic carbocycles. The van der Waals surface area contributed by atoms with Gasteiger partial charge in [-0.1, -0.05) is 17.3 Å². The summed E-state index contributed by atoms with van der Waals surface area (Å²) in [6, 6.07) is 16.9. The third-order valence-electron chi connectivity index (χ3n) is 4.56. The third-order valence-corrected chi connectivity index (χ3v) is 4.56. The van der Waals surface area contributed by atoms with Gasteiger partial charge in [0.05, 0.1) is 17.7 Å². The van der Waals surface area contributed by atoms with Crippen LogP contribution in [0.5, 0.6) is 11.5 Å². The van der Waals surface area contributed by atoms with E-state index in [9.17, 15) is 14.0 Å². The molecule has 162 valence electrons. The second kappa shape index (κ2) is 9.30. The highest BCUT2D eigenvalue weighted by molar-refractivity contribution is 5.92. The van der Waals surface area contributed by atoms with Gasteiger partial charge in [0, 0.05) is 11.5 Å². The molecule has 0 spiro atoms. The standard InChI is InChI=1S/C24H18FNO6/c1-2-29-23(27)15-7-9-16(10-8-15)30-14-21-19-12-11-17(13-22(19)32-26-21)31-24(28)18-5-3-4-6-20(18)25/h3-13H,2,14H2,1H3. The van der Waals surface area contributed by atoms with E-state index in [0.717, 1.165) is 0 Å². The van der Waals surface area contributed by atoms with E-state index in [2.05, 4.69) is 5.16 Å². The molecule has 1 heterocycles. The first-order chi connectivity index (χ1) is 15.5. The highest BCUT2D eigenvalue weighted by Gasteiger charge is 2.16. The van der Waals surface area contributed by atoms with Crippen molar-refractivity contribution in [3.63, 3.8) is 0 Å². The van der Waals surface area contributed by atoms with Crippen molar-refractivity contribution in [1.82, 2.24) is 5.16 Å². The van der Waals surface area contributed by atoms with Gasteiger partial charge in [-0.05, 0) is 55.5 Å². The third kappa shape index (κ3) is 4.59. The van der Waals surface area contributed by atoms with Gasteiger partial charge in [-0.15, -0.1) is 0 Å². The average Bonchev–Trinajstić information content (AvgIpc) is 3.20. The van der Waals surface area contributed by atoms with Crippen LogP contribution in [-0.4, -0.2) is 23.7 Å². The summed E-state index contributed by atoms with van der Waals surface area (Å²) in [5, 5.41) is 4.68. The second-order valence-electron chi connectivity index (χ2n) is 6.69. The summed E-state index contributed by atoms with van der Waals surface area (Å²) in [7, 11) is 0. The van der Waals surface area contributed by atoms with Crippen molar-refractivity contribution in [3.05, 3.63) is 89.4 Å². The first kappa shape index (κ1) is 21.0. The van der Waals surface area contributed by atoms with E-state index >= 15 is 0 Å². The molecule has 0 aliphatic rings. The van der Waals surface area contributed by atoms with Crippen molar-refractivity contribution in [3.8, 4) is 11.5 Å². The maximum atomic E-state index is 13.8. The fraction of sp³-hybridized carbons (Fsp3) is 0.125. The van der Waals surface area contributed by atoms with Crippen LogP contribution in [-0.2, 0) is 11.3 Å². The first-order valence-electron chi connectivity index (χ1n) is 9.80. The van der Waals surface area contributed by atoms with Gasteiger partial charge < -0.3 is 18.7 Å². The number of hydrogen-bond acceptors (Lipinski definition) is 7. The van der Waals surface area contributed by atoms with Crippen LogP contribution in [0.25, 0.3) is 11.0 Å². The molecule has 0 radical (unpaired) electrons. The molecule has 8 heteroatoms. The van der Waals surface area contributed by atoms with E-state index in [-0.39, 0.29) is 17.9 Å². The largest absolute Gasteiger partial charge is 0.487 e. The molecule has 0 bridgehead atoms. The minimum absolute atomic E-state index is 0.125. The topological polar surface area (TPSA) is 87.9 Å². The van der Waals surface area contributed by atoms with Crippen LogP contribution in [0.15, 0.2) is 71.3 Å². The highest BCUT2D eigenvalue weighted by atomic mass is 19.1. The van der Waals surface area contributed by atoms with Crippen molar-refractivity contribution < 1.29 is 32.7 Å². The Kier molecular flexibility index (Phi) is 6.12. The van der Waals surface area contributed by atoms with Crippen molar-refractivity contribution in [2.75, 3.05) is 6.61 Å². The number of rotatable bonds is 7. The Morgan fingerprint density at radius 2 is 1.72 bits per heavy atom. The number of carbonyl (C=O) groups excluding carboxylic acids is 2.